The third-order valence-corrected chi connectivity index (χ3v) is 8.16. The smallest absolute Gasteiger partial charge is 0.235 e. The zero-order valence-corrected chi connectivity index (χ0v) is 21.3. The van der Waals surface area contributed by atoms with Gasteiger partial charge in [-0.15, -0.1) is 0 Å². The highest BCUT2D eigenvalue weighted by Gasteiger charge is 2.41. The lowest BCUT2D eigenvalue weighted by molar-refractivity contribution is 0.618. The molecule has 0 unspecified atom stereocenters. The van der Waals surface area contributed by atoms with Gasteiger partial charge in [0.15, 0.2) is 0 Å². The van der Waals surface area contributed by atoms with E-state index in [9.17, 15) is 0 Å². The number of fused-ring (bicyclic) bond motifs is 8. The molecule has 0 bridgehead atoms. The summed E-state index contributed by atoms with van der Waals surface area (Å²) in [6.07, 6.45) is 0. The zero-order chi connectivity index (χ0) is 25.4. The third-order valence-electron chi connectivity index (χ3n) is 8.16. The predicted molar refractivity (Wildman–Crippen MR) is 157 cm³/mol. The number of rotatable bonds is 2. The van der Waals surface area contributed by atoms with E-state index in [1.807, 2.05) is 0 Å². The van der Waals surface area contributed by atoms with Crippen LogP contribution in [0.2, 0.25) is 0 Å². The van der Waals surface area contributed by atoms with Crippen LogP contribution in [0.4, 0.5) is 0 Å². The van der Waals surface area contributed by atoms with Gasteiger partial charge in [0.2, 0.25) is 5.95 Å². The first-order chi connectivity index (χ1) is 18.6. The number of para-hydroxylation sites is 1. The second kappa shape index (κ2) is 7.62. The van der Waals surface area contributed by atoms with Crippen molar-refractivity contribution in [3.05, 3.63) is 127 Å². The van der Waals surface area contributed by atoms with Gasteiger partial charge >= 0.3 is 0 Å². The van der Waals surface area contributed by atoms with Gasteiger partial charge in [-0.1, -0.05) is 117 Å². The molecule has 0 N–H and O–H groups in total. The van der Waals surface area contributed by atoms with Crippen molar-refractivity contribution in [2.75, 3.05) is 0 Å². The Bertz CT molecular complexity index is 2050. The van der Waals surface area contributed by atoms with Crippen LogP contribution in [0.25, 0.3) is 60.9 Å². The van der Waals surface area contributed by atoms with Gasteiger partial charge in [-0.3, -0.25) is 4.57 Å². The lowest BCUT2D eigenvalue weighted by atomic mass is 9.85. The van der Waals surface area contributed by atoms with E-state index >= 15 is 0 Å². The average Bonchev–Trinajstić information content (AvgIpc) is 3.44. The molecule has 0 radical (unpaired) electrons. The standard InChI is InChI=1S/C35H25N3/c1-35(2)28-18-10-8-16-25(28)30-26-17-9-11-19-29(26)38(33(30)35)34-36-31(23-13-4-3-5-14-23)27-21-20-22-12-6-7-15-24(22)32(27)37-34/h3-21H,1-2H3. The van der Waals surface area contributed by atoms with Gasteiger partial charge < -0.3 is 0 Å². The van der Waals surface area contributed by atoms with E-state index in [1.54, 1.807) is 0 Å². The summed E-state index contributed by atoms with van der Waals surface area (Å²) in [4.78, 5) is 10.7. The molecule has 0 saturated carbocycles. The molecule has 3 heteroatoms. The van der Waals surface area contributed by atoms with Crippen molar-refractivity contribution in [2.45, 2.75) is 19.3 Å². The minimum absolute atomic E-state index is 0.199. The molecular weight excluding hydrogens is 462 g/mol. The van der Waals surface area contributed by atoms with E-state index in [0.717, 1.165) is 33.1 Å². The first-order valence-electron chi connectivity index (χ1n) is 13.1. The molecule has 0 spiro atoms. The molecule has 8 rings (SSSR count). The second-order valence-corrected chi connectivity index (χ2v) is 10.7. The van der Waals surface area contributed by atoms with Crippen LogP contribution in [0.3, 0.4) is 0 Å². The highest BCUT2D eigenvalue weighted by molar-refractivity contribution is 6.10. The van der Waals surface area contributed by atoms with Gasteiger partial charge in [0.1, 0.15) is 0 Å². The molecule has 2 aromatic heterocycles. The number of hydrogen-bond acceptors (Lipinski definition) is 2. The lowest BCUT2D eigenvalue weighted by Crippen LogP contribution is -2.21. The van der Waals surface area contributed by atoms with Crippen LogP contribution in [0.1, 0.15) is 25.1 Å². The normalized spacial score (nSPS) is 13.7. The quantitative estimate of drug-likeness (QED) is 0.228. The summed E-state index contributed by atoms with van der Waals surface area (Å²) in [5, 5.41) is 4.62. The van der Waals surface area contributed by atoms with Crippen LogP contribution < -0.4 is 0 Å². The van der Waals surface area contributed by atoms with Crippen molar-refractivity contribution in [3.8, 4) is 28.3 Å². The minimum atomic E-state index is -0.199. The maximum Gasteiger partial charge on any atom is 0.235 e. The first-order valence-corrected chi connectivity index (χ1v) is 13.1. The highest BCUT2D eigenvalue weighted by atomic mass is 15.2. The van der Waals surface area contributed by atoms with E-state index in [2.05, 4.69) is 134 Å². The van der Waals surface area contributed by atoms with Crippen LogP contribution in [0.5, 0.6) is 0 Å². The molecule has 5 aromatic carbocycles. The summed E-state index contributed by atoms with van der Waals surface area (Å²) in [5.74, 6) is 0.714. The number of nitrogens with zero attached hydrogens (tertiary/aromatic N) is 3. The van der Waals surface area contributed by atoms with Crippen LogP contribution in [-0.2, 0) is 5.41 Å². The fourth-order valence-corrected chi connectivity index (χ4v) is 6.45. The first kappa shape index (κ1) is 21.3. The van der Waals surface area contributed by atoms with E-state index in [1.165, 1.54) is 33.2 Å². The third kappa shape index (κ3) is 2.79. The fraction of sp³-hybridized carbons (Fsp3) is 0.0857. The Morgan fingerprint density at radius 3 is 2.18 bits per heavy atom. The summed E-state index contributed by atoms with van der Waals surface area (Å²) < 4.78 is 2.32. The number of hydrogen-bond donors (Lipinski definition) is 0. The van der Waals surface area contributed by atoms with Gasteiger partial charge in [-0.2, -0.15) is 0 Å². The van der Waals surface area contributed by atoms with Crippen LogP contribution in [0, 0.1) is 0 Å². The molecule has 7 aromatic rings. The van der Waals surface area contributed by atoms with Crippen molar-refractivity contribution < 1.29 is 0 Å². The Kier molecular flexibility index (Phi) is 4.28. The monoisotopic (exact) mass is 487 g/mol. The van der Waals surface area contributed by atoms with Gasteiger partial charge in [0, 0.05) is 38.4 Å². The van der Waals surface area contributed by atoms with Gasteiger partial charge in [0.25, 0.3) is 0 Å². The summed E-state index contributed by atoms with van der Waals surface area (Å²) in [6, 6.07) is 40.8. The zero-order valence-electron chi connectivity index (χ0n) is 21.3. The van der Waals surface area contributed by atoms with E-state index in [0.29, 0.717) is 5.95 Å². The SMILES string of the molecule is CC1(C)c2ccccc2-c2c1n(-c1nc(-c3ccccc3)c3ccc4ccccc4c3n1)c1ccccc21. The van der Waals surface area contributed by atoms with Crippen molar-refractivity contribution >= 4 is 32.6 Å². The molecular formula is C35H25N3. The Morgan fingerprint density at radius 2 is 1.32 bits per heavy atom. The fourth-order valence-electron chi connectivity index (χ4n) is 6.45. The summed E-state index contributed by atoms with van der Waals surface area (Å²) in [7, 11) is 0. The Labute approximate surface area is 221 Å². The lowest BCUT2D eigenvalue weighted by Gasteiger charge is -2.24. The summed E-state index contributed by atoms with van der Waals surface area (Å²) >= 11 is 0. The molecule has 38 heavy (non-hydrogen) atoms. The van der Waals surface area contributed by atoms with E-state index in [4.69, 9.17) is 9.97 Å². The second-order valence-electron chi connectivity index (χ2n) is 10.7. The number of benzene rings is 5. The number of aromatic nitrogens is 3. The molecule has 3 nitrogen and oxygen atoms in total. The van der Waals surface area contributed by atoms with Crippen LogP contribution in [0.15, 0.2) is 115 Å². The van der Waals surface area contributed by atoms with E-state index in [-0.39, 0.29) is 5.41 Å². The van der Waals surface area contributed by atoms with Gasteiger partial charge in [-0.05, 0) is 28.6 Å². The average molecular weight is 488 g/mol. The molecule has 1 aliphatic carbocycles. The molecule has 0 atom stereocenters. The molecule has 0 aliphatic heterocycles. The van der Waals surface area contributed by atoms with Crippen LogP contribution >= 0.6 is 0 Å². The Hall–Kier alpha value is -4.76. The maximum absolute atomic E-state index is 5.34. The van der Waals surface area contributed by atoms with Gasteiger partial charge in [0.05, 0.1) is 16.7 Å². The predicted octanol–water partition coefficient (Wildman–Crippen LogP) is 8.70. The van der Waals surface area contributed by atoms with Crippen LogP contribution in [-0.4, -0.2) is 14.5 Å². The topological polar surface area (TPSA) is 30.7 Å². The Balaban J connectivity index is 1.55. The van der Waals surface area contributed by atoms with Crippen molar-refractivity contribution in [1.82, 2.24) is 14.5 Å². The largest absolute Gasteiger partial charge is 0.281 e. The molecule has 2 heterocycles. The highest BCUT2D eigenvalue weighted by Crippen LogP contribution is 2.53. The minimum Gasteiger partial charge on any atom is -0.281 e. The maximum atomic E-state index is 5.34. The summed E-state index contributed by atoms with van der Waals surface area (Å²) in [6.45, 7) is 4.64. The van der Waals surface area contributed by atoms with Crippen molar-refractivity contribution in [1.29, 1.82) is 0 Å². The Morgan fingerprint density at radius 1 is 0.605 bits per heavy atom. The summed E-state index contributed by atoms with van der Waals surface area (Å²) in [5.41, 5.74) is 9.15. The molecule has 0 fully saturated rings. The van der Waals surface area contributed by atoms with Crippen molar-refractivity contribution in [2.24, 2.45) is 0 Å². The van der Waals surface area contributed by atoms with Crippen molar-refractivity contribution in [3.63, 3.8) is 0 Å². The molecule has 1 aliphatic rings. The van der Waals surface area contributed by atoms with Gasteiger partial charge in [-0.25, -0.2) is 9.97 Å². The van der Waals surface area contributed by atoms with E-state index < -0.39 is 0 Å². The molecule has 0 amide bonds. The molecule has 180 valence electrons. The molecule has 0 saturated heterocycles.